The van der Waals surface area contributed by atoms with Gasteiger partial charge in [0.2, 0.25) is 0 Å². The van der Waals surface area contributed by atoms with E-state index < -0.39 is 0 Å². The monoisotopic (exact) mass is 225 g/mol. The van der Waals surface area contributed by atoms with Crippen LogP contribution in [-0.2, 0) is 4.74 Å². The highest BCUT2D eigenvalue weighted by atomic mass is 16.5. The lowest BCUT2D eigenvalue weighted by molar-refractivity contribution is 0.161. The third-order valence-electron chi connectivity index (χ3n) is 3.26. The molecular weight excluding hydrogens is 202 g/mol. The summed E-state index contributed by atoms with van der Waals surface area (Å²) in [5.41, 5.74) is 0. The standard InChI is InChI=1S/C12H23N3O/c1-15(8-9-16-2)7-6-14-12-5-3-4-11(12)10-13/h11-12,14H,3-9H2,1-2H3. The van der Waals surface area contributed by atoms with Gasteiger partial charge in [0.1, 0.15) is 0 Å². The molecule has 92 valence electrons. The van der Waals surface area contributed by atoms with Crippen LogP contribution in [0.4, 0.5) is 0 Å². The van der Waals surface area contributed by atoms with Crippen molar-refractivity contribution < 1.29 is 4.74 Å². The number of nitriles is 1. The molecule has 0 aliphatic heterocycles. The van der Waals surface area contributed by atoms with Crippen LogP contribution >= 0.6 is 0 Å². The predicted molar refractivity (Wildman–Crippen MR) is 64.1 cm³/mol. The summed E-state index contributed by atoms with van der Waals surface area (Å²) < 4.78 is 5.02. The van der Waals surface area contributed by atoms with Crippen LogP contribution in [0.1, 0.15) is 19.3 Å². The zero-order valence-electron chi connectivity index (χ0n) is 10.4. The van der Waals surface area contributed by atoms with Crippen LogP contribution in [0.15, 0.2) is 0 Å². The molecular formula is C12H23N3O. The highest BCUT2D eigenvalue weighted by molar-refractivity contribution is 4.96. The van der Waals surface area contributed by atoms with E-state index in [0.29, 0.717) is 6.04 Å². The van der Waals surface area contributed by atoms with Gasteiger partial charge >= 0.3 is 0 Å². The Morgan fingerprint density at radius 2 is 2.25 bits per heavy atom. The van der Waals surface area contributed by atoms with E-state index >= 15 is 0 Å². The van der Waals surface area contributed by atoms with Crippen molar-refractivity contribution in [1.29, 1.82) is 5.26 Å². The molecule has 0 aromatic carbocycles. The van der Waals surface area contributed by atoms with Crippen molar-refractivity contribution >= 4 is 0 Å². The molecule has 1 fully saturated rings. The van der Waals surface area contributed by atoms with Crippen molar-refractivity contribution in [3.8, 4) is 6.07 Å². The van der Waals surface area contributed by atoms with Crippen molar-refractivity contribution in [2.45, 2.75) is 25.3 Å². The van der Waals surface area contributed by atoms with Crippen LogP contribution in [0.3, 0.4) is 0 Å². The molecule has 0 bridgehead atoms. The molecule has 0 aromatic heterocycles. The molecule has 0 amide bonds. The van der Waals surface area contributed by atoms with Crippen molar-refractivity contribution in [3.63, 3.8) is 0 Å². The third kappa shape index (κ3) is 4.48. The highest BCUT2D eigenvalue weighted by Gasteiger charge is 2.26. The Balaban J connectivity index is 2.08. The third-order valence-corrected chi connectivity index (χ3v) is 3.26. The van der Waals surface area contributed by atoms with E-state index in [1.165, 1.54) is 6.42 Å². The Kier molecular flexibility index (Phi) is 6.39. The van der Waals surface area contributed by atoms with Crippen molar-refractivity contribution in [2.75, 3.05) is 40.4 Å². The van der Waals surface area contributed by atoms with Gasteiger partial charge in [0.05, 0.1) is 18.6 Å². The van der Waals surface area contributed by atoms with E-state index in [1.54, 1.807) is 7.11 Å². The molecule has 4 heteroatoms. The van der Waals surface area contributed by atoms with Gasteiger partial charge in [0.25, 0.3) is 0 Å². The number of methoxy groups -OCH3 is 1. The molecule has 0 radical (unpaired) electrons. The summed E-state index contributed by atoms with van der Waals surface area (Å²) in [5, 5.41) is 12.4. The van der Waals surface area contributed by atoms with Crippen LogP contribution in [0.5, 0.6) is 0 Å². The zero-order valence-corrected chi connectivity index (χ0v) is 10.4. The molecule has 16 heavy (non-hydrogen) atoms. The topological polar surface area (TPSA) is 48.3 Å². The molecule has 1 rings (SSSR count). The van der Waals surface area contributed by atoms with Crippen molar-refractivity contribution in [2.24, 2.45) is 5.92 Å². The fraction of sp³-hybridized carbons (Fsp3) is 0.917. The lowest BCUT2D eigenvalue weighted by atomic mass is 10.1. The number of nitrogens with zero attached hydrogens (tertiary/aromatic N) is 2. The first-order chi connectivity index (χ1) is 7.77. The lowest BCUT2D eigenvalue weighted by Gasteiger charge is -2.20. The summed E-state index contributed by atoms with van der Waals surface area (Å²) in [5.74, 6) is 0.226. The molecule has 1 saturated carbocycles. The Morgan fingerprint density at radius 1 is 1.44 bits per heavy atom. The van der Waals surface area contributed by atoms with Crippen molar-refractivity contribution in [1.82, 2.24) is 10.2 Å². The largest absolute Gasteiger partial charge is 0.383 e. The number of hydrogen-bond acceptors (Lipinski definition) is 4. The average molecular weight is 225 g/mol. The average Bonchev–Trinajstić information content (AvgIpc) is 2.74. The van der Waals surface area contributed by atoms with Crippen LogP contribution < -0.4 is 5.32 Å². The van der Waals surface area contributed by atoms with Crippen LogP contribution in [0, 0.1) is 17.2 Å². The van der Waals surface area contributed by atoms with E-state index in [1.807, 2.05) is 0 Å². The molecule has 1 N–H and O–H groups in total. The number of hydrogen-bond donors (Lipinski definition) is 1. The fourth-order valence-electron chi connectivity index (χ4n) is 2.16. The molecule has 0 saturated heterocycles. The summed E-state index contributed by atoms with van der Waals surface area (Å²) in [6.07, 6.45) is 3.41. The maximum atomic E-state index is 8.94. The van der Waals surface area contributed by atoms with Gasteiger partial charge in [-0.05, 0) is 19.9 Å². The molecule has 1 aliphatic rings. The molecule has 1 aliphatic carbocycles. The summed E-state index contributed by atoms with van der Waals surface area (Å²) in [6.45, 7) is 3.71. The number of likely N-dealkylation sites (N-methyl/N-ethyl adjacent to an activating group) is 1. The summed E-state index contributed by atoms with van der Waals surface area (Å²) in [4.78, 5) is 2.24. The Hall–Kier alpha value is -0.630. The second-order valence-corrected chi connectivity index (χ2v) is 4.52. The van der Waals surface area contributed by atoms with Crippen LogP contribution in [0.2, 0.25) is 0 Å². The Morgan fingerprint density at radius 3 is 2.94 bits per heavy atom. The SMILES string of the molecule is COCCN(C)CCNC1CCCC1C#N. The maximum absolute atomic E-state index is 8.94. The van der Waals surface area contributed by atoms with Gasteiger partial charge in [-0.3, -0.25) is 0 Å². The van der Waals surface area contributed by atoms with Crippen LogP contribution in [0.25, 0.3) is 0 Å². The van der Waals surface area contributed by atoms with Gasteiger partial charge in [-0.2, -0.15) is 5.26 Å². The molecule has 2 unspecified atom stereocenters. The van der Waals surface area contributed by atoms with E-state index in [9.17, 15) is 0 Å². The van der Waals surface area contributed by atoms with Gasteiger partial charge in [-0.25, -0.2) is 0 Å². The zero-order chi connectivity index (χ0) is 11.8. The molecule has 0 aromatic rings. The molecule has 2 atom stereocenters. The Bertz CT molecular complexity index is 227. The fourth-order valence-corrected chi connectivity index (χ4v) is 2.16. The number of nitrogens with one attached hydrogen (secondary N) is 1. The number of rotatable bonds is 7. The summed E-state index contributed by atoms with van der Waals surface area (Å²) in [6, 6.07) is 2.81. The predicted octanol–water partition coefficient (Wildman–Crippen LogP) is 0.846. The Labute approximate surface area is 98.6 Å². The first-order valence-electron chi connectivity index (χ1n) is 6.08. The summed E-state index contributed by atoms with van der Waals surface area (Å²) in [7, 11) is 3.82. The first kappa shape index (κ1) is 13.4. The second-order valence-electron chi connectivity index (χ2n) is 4.52. The smallest absolute Gasteiger partial charge is 0.0672 e. The van der Waals surface area contributed by atoms with E-state index in [2.05, 4.69) is 23.3 Å². The number of ether oxygens (including phenoxy) is 1. The minimum Gasteiger partial charge on any atom is -0.383 e. The highest BCUT2D eigenvalue weighted by Crippen LogP contribution is 2.24. The summed E-state index contributed by atoms with van der Waals surface area (Å²) >= 11 is 0. The van der Waals surface area contributed by atoms with Gasteiger partial charge in [-0.15, -0.1) is 0 Å². The van der Waals surface area contributed by atoms with Crippen molar-refractivity contribution in [3.05, 3.63) is 0 Å². The van der Waals surface area contributed by atoms with Gasteiger partial charge < -0.3 is 15.0 Å². The normalized spacial score (nSPS) is 24.9. The van der Waals surface area contributed by atoms with Gasteiger partial charge in [0.15, 0.2) is 0 Å². The minimum atomic E-state index is 0.226. The maximum Gasteiger partial charge on any atom is 0.0672 e. The second kappa shape index (κ2) is 7.61. The molecule has 0 spiro atoms. The quantitative estimate of drug-likeness (QED) is 0.698. The van der Waals surface area contributed by atoms with E-state index in [0.717, 1.165) is 39.1 Å². The van der Waals surface area contributed by atoms with Crippen LogP contribution in [-0.4, -0.2) is 51.3 Å². The lowest BCUT2D eigenvalue weighted by Crippen LogP contribution is -2.38. The van der Waals surface area contributed by atoms with E-state index in [4.69, 9.17) is 10.00 Å². The minimum absolute atomic E-state index is 0.226. The molecule has 4 nitrogen and oxygen atoms in total. The first-order valence-corrected chi connectivity index (χ1v) is 6.08. The van der Waals surface area contributed by atoms with Gasteiger partial charge in [-0.1, -0.05) is 6.42 Å². The van der Waals surface area contributed by atoms with E-state index in [-0.39, 0.29) is 5.92 Å². The molecule has 0 heterocycles. The van der Waals surface area contributed by atoms with Gasteiger partial charge in [0, 0.05) is 32.8 Å².